The average Bonchev–Trinajstić information content (AvgIpc) is 2.35. The Labute approximate surface area is 103 Å². The highest BCUT2D eigenvalue weighted by molar-refractivity contribution is 9.08. The minimum absolute atomic E-state index is 0.298. The molecule has 1 rings (SSSR count). The molecule has 0 saturated carbocycles. The number of rotatable bonds is 5. The summed E-state index contributed by atoms with van der Waals surface area (Å²) in [5.41, 5.74) is 1.03. The molecule has 0 spiro atoms. The number of hydrogen-bond acceptors (Lipinski definition) is 4. The van der Waals surface area contributed by atoms with Crippen LogP contribution in [0, 0.1) is 0 Å². The molecule has 4 nitrogen and oxygen atoms in total. The number of hydrogen-bond donors (Lipinski definition) is 1. The number of nitrogens with one attached hydrogen (secondary N) is 1. The second-order valence-electron chi connectivity index (χ2n) is 3.24. The van der Waals surface area contributed by atoms with E-state index in [0.717, 1.165) is 11.3 Å². The van der Waals surface area contributed by atoms with Crippen molar-refractivity contribution in [1.29, 1.82) is 0 Å². The molecule has 0 unspecified atom stereocenters. The summed E-state index contributed by atoms with van der Waals surface area (Å²) in [7, 11) is 2.99. The molecule has 16 heavy (non-hydrogen) atoms. The van der Waals surface area contributed by atoms with E-state index in [1.807, 2.05) is 24.3 Å². The van der Waals surface area contributed by atoms with E-state index in [-0.39, 0.29) is 5.97 Å². The molecule has 0 aliphatic heterocycles. The number of methoxy groups -OCH3 is 2. The first-order chi connectivity index (χ1) is 7.71. The lowest BCUT2D eigenvalue weighted by atomic mass is 10.1. The lowest BCUT2D eigenvalue weighted by molar-refractivity contribution is -0.142. The van der Waals surface area contributed by atoms with Crippen LogP contribution in [0.4, 0.5) is 0 Å². The van der Waals surface area contributed by atoms with Gasteiger partial charge in [0.05, 0.1) is 14.2 Å². The van der Waals surface area contributed by atoms with Crippen LogP contribution >= 0.6 is 16.1 Å². The topological polar surface area (TPSA) is 47.6 Å². The van der Waals surface area contributed by atoms with E-state index in [1.165, 1.54) is 7.11 Å². The fraction of sp³-hybridized carbons (Fsp3) is 0.364. The Morgan fingerprint density at radius 2 is 2.00 bits per heavy atom. The Kier molecular flexibility index (Phi) is 5.28. The highest BCUT2D eigenvalue weighted by Crippen LogP contribution is 2.13. The van der Waals surface area contributed by atoms with E-state index < -0.39 is 6.04 Å². The van der Waals surface area contributed by atoms with E-state index in [4.69, 9.17) is 4.74 Å². The van der Waals surface area contributed by atoms with Crippen molar-refractivity contribution in [3.8, 4) is 5.75 Å². The maximum atomic E-state index is 11.3. The van der Waals surface area contributed by atoms with Crippen molar-refractivity contribution < 1.29 is 14.3 Å². The number of benzene rings is 1. The molecule has 0 fully saturated rings. The number of esters is 1. The van der Waals surface area contributed by atoms with Crippen LogP contribution in [0.25, 0.3) is 0 Å². The van der Waals surface area contributed by atoms with Gasteiger partial charge in [-0.15, -0.1) is 0 Å². The first-order valence-electron chi connectivity index (χ1n) is 4.78. The molecule has 0 bridgehead atoms. The Hall–Kier alpha value is -1.07. The molecular formula is C11H14BrNO3. The van der Waals surface area contributed by atoms with E-state index in [9.17, 15) is 4.79 Å². The van der Waals surface area contributed by atoms with Crippen molar-refractivity contribution >= 4 is 22.1 Å². The van der Waals surface area contributed by atoms with Crippen molar-refractivity contribution in [2.24, 2.45) is 0 Å². The summed E-state index contributed by atoms with van der Waals surface area (Å²) in [6, 6.07) is 7.16. The van der Waals surface area contributed by atoms with Gasteiger partial charge in [0.25, 0.3) is 0 Å². The molecule has 1 aromatic carbocycles. The summed E-state index contributed by atoms with van der Waals surface area (Å²) < 4.78 is 12.5. The molecule has 0 radical (unpaired) electrons. The Morgan fingerprint density at radius 1 is 1.38 bits per heavy atom. The molecule has 1 atom stereocenters. The monoisotopic (exact) mass is 287 g/mol. The standard InChI is InChI=1S/C11H14BrNO3/c1-15-9-5-3-8(4-6-9)7-10(13-12)11(14)16-2/h3-6,10,13H,7H2,1-2H3/t10-/m0/s1. The number of halogens is 1. The first-order valence-corrected chi connectivity index (χ1v) is 5.57. The predicted molar refractivity (Wildman–Crippen MR) is 64.6 cm³/mol. The van der Waals surface area contributed by atoms with Crippen LogP contribution in [-0.4, -0.2) is 26.2 Å². The zero-order valence-electron chi connectivity index (χ0n) is 9.20. The van der Waals surface area contributed by atoms with E-state index >= 15 is 0 Å². The zero-order valence-corrected chi connectivity index (χ0v) is 10.8. The van der Waals surface area contributed by atoms with Crippen molar-refractivity contribution in [1.82, 2.24) is 4.34 Å². The number of ether oxygens (including phenoxy) is 2. The van der Waals surface area contributed by atoms with E-state index in [2.05, 4.69) is 25.2 Å². The Morgan fingerprint density at radius 3 is 2.44 bits per heavy atom. The molecule has 1 aromatic rings. The molecule has 5 heteroatoms. The molecular weight excluding hydrogens is 274 g/mol. The number of carbonyl (C=O) groups excluding carboxylic acids is 1. The van der Waals surface area contributed by atoms with Gasteiger partial charge in [0.2, 0.25) is 0 Å². The van der Waals surface area contributed by atoms with Gasteiger partial charge in [-0.25, -0.2) is 4.34 Å². The van der Waals surface area contributed by atoms with Gasteiger partial charge in [0.15, 0.2) is 0 Å². The molecule has 0 aliphatic carbocycles. The lowest BCUT2D eigenvalue weighted by Crippen LogP contribution is -2.33. The van der Waals surface area contributed by atoms with Gasteiger partial charge in [-0.1, -0.05) is 12.1 Å². The third-order valence-electron chi connectivity index (χ3n) is 2.22. The summed E-state index contributed by atoms with van der Waals surface area (Å²) in [6.07, 6.45) is 0.557. The molecule has 0 heterocycles. The molecule has 0 amide bonds. The van der Waals surface area contributed by atoms with Crippen molar-refractivity contribution in [2.75, 3.05) is 14.2 Å². The van der Waals surface area contributed by atoms with Gasteiger partial charge < -0.3 is 9.47 Å². The van der Waals surface area contributed by atoms with Crippen molar-refractivity contribution in [2.45, 2.75) is 12.5 Å². The van der Waals surface area contributed by atoms with Gasteiger partial charge in [0, 0.05) is 16.1 Å². The SMILES string of the molecule is COC(=O)[C@H](Cc1ccc(OC)cc1)NBr. The van der Waals surface area contributed by atoms with E-state index in [0.29, 0.717) is 6.42 Å². The second-order valence-corrected chi connectivity index (χ2v) is 3.69. The summed E-state index contributed by atoms with van der Waals surface area (Å²) >= 11 is 3.07. The number of carbonyl (C=O) groups is 1. The summed E-state index contributed by atoms with van der Waals surface area (Å²) in [5, 5.41) is 0. The van der Waals surface area contributed by atoms with Crippen molar-refractivity contribution in [3.05, 3.63) is 29.8 Å². The lowest BCUT2D eigenvalue weighted by Gasteiger charge is -2.12. The van der Waals surface area contributed by atoms with Gasteiger partial charge in [-0.3, -0.25) is 4.79 Å². The summed E-state index contributed by atoms with van der Waals surface area (Å²) in [6.45, 7) is 0. The van der Waals surface area contributed by atoms with Crippen LogP contribution in [0.15, 0.2) is 24.3 Å². The molecule has 0 aliphatic rings. The predicted octanol–water partition coefficient (Wildman–Crippen LogP) is 1.68. The maximum Gasteiger partial charge on any atom is 0.324 e. The maximum absolute atomic E-state index is 11.3. The highest BCUT2D eigenvalue weighted by Gasteiger charge is 2.17. The third-order valence-corrected chi connectivity index (χ3v) is 2.77. The van der Waals surface area contributed by atoms with Gasteiger partial charge in [0.1, 0.15) is 11.8 Å². The Bertz CT molecular complexity index is 340. The molecule has 1 N–H and O–H groups in total. The minimum Gasteiger partial charge on any atom is -0.497 e. The molecule has 88 valence electrons. The second kappa shape index (κ2) is 6.50. The fourth-order valence-corrected chi connectivity index (χ4v) is 1.65. The molecule has 0 saturated heterocycles. The molecule has 0 aromatic heterocycles. The Balaban J connectivity index is 2.66. The normalized spacial score (nSPS) is 11.9. The van der Waals surface area contributed by atoms with Gasteiger partial charge in [-0.05, 0) is 24.1 Å². The van der Waals surface area contributed by atoms with Crippen LogP contribution in [-0.2, 0) is 16.0 Å². The quantitative estimate of drug-likeness (QED) is 0.661. The summed E-state index contributed by atoms with van der Waals surface area (Å²) in [4.78, 5) is 11.3. The first kappa shape index (κ1) is 13.0. The minimum atomic E-state index is -0.390. The van der Waals surface area contributed by atoms with Gasteiger partial charge >= 0.3 is 5.97 Å². The zero-order chi connectivity index (χ0) is 12.0. The highest BCUT2D eigenvalue weighted by atomic mass is 79.9. The third kappa shape index (κ3) is 3.50. The summed E-state index contributed by atoms with van der Waals surface area (Å²) in [5.74, 6) is 0.498. The van der Waals surface area contributed by atoms with Crippen LogP contribution in [0.5, 0.6) is 5.75 Å². The average molecular weight is 288 g/mol. The fourth-order valence-electron chi connectivity index (χ4n) is 1.31. The van der Waals surface area contributed by atoms with Crippen molar-refractivity contribution in [3.63, 3.8) is 0 Å². The van der Waals surface area contributed by atoms with Crippen LogP contribution < -0.4 is 9.08 Å². The van der Waals surface area contributed by atoms with Gasteiger partial charge in [-0.2, -0.15) is 0 Å². The van der Waals surface area contributed by atoms with Crippen LogP contribution in [0.1, 0.15) is 5.56 Å². The van der Waals surface area contributed by atoms with E-state index in [1.54, 1.807) is 7.11 Å². The largest absolute Gasteiger partial charge is 0.497 e. The smallest absolute Gasteiger partial charge is 0.324 e. The van der Waals surface area contributed by atoms with Crippen LogP contribution in [0.2, 0.25) is 0 Å². The van der Waals surface area contributed by atoms with Crippen LogP contribution in [0.3, 0.4) is 0 Å².